The Morgan fingerprint density at radius 2 is 1.52 bits per heavy atom. The van der Waals surface area contributed by atoms with Crippen LogP contribution in [0.3, 0.4) is 0 Å². The highest BCUT2D eigenvalue weighted by molar-refractivity contribution is 6.11. The molecular formula is C21H20N4O2. The van der Waals surface area contributed by atoms with E-state index in [4.69, 9.17) is 4.74 Å². The zero-order chi connectivity index (χ0) is 19.2. The number of aryl methyl sites for hydroxylation is 2. The van der Waals surface area contributed by atoms with Crippen LogP contribution in [0, 0.1) is 13.8 Å². The van der Waals surface area contributed by atoms with Crippen LogP contribution in [0.1, 0.15) is 33.1 Å². The van der Waals surface area contributed by atoms with Gasteiger partial charge in [-0.15, -0.1) is 0 Å². The van der Waals surface area contributed by atoms with Gasteiger partial charge < -0.3 is 4.74 Å². The average molecular weight is 360 g/mol. The average Bonchev–Trinajstić information content (AvgIpc) is 2.68. The number of nitrogens with zero attached hydrogens (tertiary/aromatic N) is 3. The summed E-state index contributed by atoms with van der Waals surface area (Å²) < 4.78 is 5.16. The van der Waals surface area contributed by atoms with E-state index in [1.807, 2.05) is 50.2 Å². The van der Waals surface area contributed by atoms with E-state index in [-0.39, 0.29) is 5.91 Å². The molecule has 0 fully saturated rings. The van der Waals surface area contributed by atoms with Gasteiger partial charge in [0.05, 0.1) is 18.5 Å². The van der Waals surface area contributed by atoms with Gasteiger partial charge in [-0.05, 0) is 56.3 Å². The molecule has 3 rings (SSSR count). The smallest absolute Gasteiger partial charge is 0.271 e. The molecule has 1 N–H and O–H groups in total. The van der Waals surface area contributed by atoms with Crippen molar-refractivity contribution in [3.63, 3.8) is 0 Å². The highest BCUT2D eigenvalue weighted by Crippen LogP contribution is 2.13. The van der Waals surface area contributed by atoms with Gasteiger partial charge in [0.25, 0.3) is 5.91 Å². The molecule has 2 aromatic heterocycles. The maximum atomic E-state index is 12.5. The minimum absolute atomic E-state index is 0.341. The number of carbonyl (C=O) groups excluding carboxylic acids is 1. The molecule has 1 aromatic carbocycles. The first kappa shape index (κ1) is 18.3. The summed E-state index contributed by atoms with van der Waals surface area (Å²) in [6.07, 6.45) is 0. The summed E-state index contributed by atoms with van der Waals surface area (Å²) >= 11 is 0. The number of hydrogen-bond donors (Lipinski definition) is 1. The topological polar surface area (TPSA) is 76.5 Å². The van der Waals surface area contributed by atoms with E-state index >= 15 is 0 Å². The van der Waals surface area contributed by atoms with E-state index < -0.39 is 0 Å². The Bertz CT molecular complexity index is 951. The van der Waals surface area contributed by atoms with Crippen molar-refractivity contribution in [3.05, 3.63) is 89.0 Å². The molecule has 2 heterocycles. The Balaban J connectivity index is 1.96. The van der Waals surface area contributed by atoms with Crippen molar-refractivity contribution in [2.75, 3.05) is 7.11 Å². The highest BCUT2D eigenvalue weighted by atomic mass is 16.5. The summed E-state index contributed by atoms with van der Waals surface area (Å²) in [7, 11) is 1.56. The van der Waals surface area contributed by atoms with Crippen LogP contribution in [0.15, 0.2) is 65.8 Å². The Morgan fingerprint density at radius 3 is 2.07 bits per heavy atom. The fourth-order valence-electron chi connectivity index (χ4n) is 2.53. The van der Waals surface area contributed by atoms with Gasteiger partial charge in [-0.1, -0.05) is 18.2 Å². The second-order valence-corrected chi connectivity index (χ2v) is 5.96. The minimum Gasteiger partial charge on any atom is -0.497 e. The number of methoxy groups -OCH3 is 1. The number of benzene rings is 1. The molecule has 0 aliphatic rings. The summed E-state index contributed by atoms with van der Waals surface area (Å²) in [5.74, 6) is 0.263. The van der Waals surface area contributed by atoms with E-state index in [1.54, 1.807) is 31.4 Å². The highest BCUT2D eigenvalue weighted by Gasteiger charge is 2.13. The van der Waals surface area contributed by atoms with Crippen LogP contribution < -0.4 is 10.2 Å². The number of carbonyl (C=O) groups is 1. The maximum absolute atomic E-state index is 12.5. The van der Waals surface area contributed by atoms with Gasteiger partial charge in [0.15, 0.2) is 0 Å². The van der Waals surface area contributed by atoms with Crippen LogP contribution in [0.2, 0.25) is 0 Å². The number of amides is 1. The van der Waals surface area contributed by atoms with Crippen LogP contribution in [-0.4, -0.2) is 28.7 Å². The molecule has 0 radical (unpaired) electrons. The lowest BCUT2D eigenvalue weighted by atomic mass is 10.1. The number of aromatic nitrogens is 2. The van der Waals surface area contributed by atoms with Gasteiger partial charge in [0.1, 0.15) is 11.5 Å². The van der Waals surface area contributed by atoms with E-state index in [0.717, 1.165) is 11.4 Å². The molecule has 3 aromatic rings. The quantitative estimate of drug-likeness (QED) is 0.559. The van der Waals surface area contributed by atoms with Crippen molar-refractivity contribution in [2.24, 2.45) is 5.10 Å². The third-order valence-electron chi connectivity index (χ3n) is 3.86. The Kier molecular flexibility index (Phi) is 5.56. The summed E-state index contributed by atoms with van der Waals surface area (Å²) in [5.41, 5.74) is 6.53. The summed E-state index contributed by atoms with van der Waals surface area (Å²) in [6, 6.07) is 18.2. The van der Waals surface area contributed by atoms with Gasteiger partial charge >= 0.3 is 0 Å². The summed E-state index contributed by atoms with van der Waals surface area (Å²) in [5, 5.41) is 4.33. The second-order valence-electron chi connectivity index (χ2n) is 5.96. The summed E-state index contributed by atoms with van der Waals surface area (Å²) in [6.45, 7) is 3.80. The normalized spacial score (nSPS) is 10.2. The minimum atomic E-state index is -0.341. The molecular weight excluding hydrogens is 340 g/mol. The third-order valence-corrected chi connectivity index (χ3v) is 3.86. The molecule has 0 unspecified atom stereocenters. The molecule has 0 aliphatic carbocycles. The Morgan fingerprint density at radius 1 is 0.926 bits per heavy atom. The third kappa shape index (κ3) is 4.55. The van der Waals surface area contributed by atoms with Gasteiger partial charge in [0.2, 0.25) is 0 Å². The van der Waals surface area contributed by atoms with Crippen molar-refractivity contribution in [1.82, 2.24) is 15.4 Å². The summed E-state index contributed by atoms with van der Waals surface area (Å²) in [4.78, 5) is 21.5. The van der Waals surface area contributed by atoms with Crippen LogP contribution in [-0.2, 0) is 0 Å². The molecule has 0 aliphatic heterocycles. The maximum Gasteiger partial charge on any atom is 0.271 e. The number of nitrogens with one attached hydrogen (secondary N) is 1. The molecule has 136 valence electrons. The number of ether oxygens (including phenoxy) is 1. The molecule has 6 nitrogen and oxygen atoms in total. The van der Waals surface area contributed by atoms with Crippen LogP contribution in [0.5, 0.6) is 5.75 Å². The molecule has 0 saturated carbocycles. The Hall–Kier alpha value is -3.54. The lowest BCUT2D eigenvalue weighted by Crippen LogP contribution is -2.21. The van der Waals surface area contributed by atoms with Crippen LogP contribution in [0.25, 0.3) is 0 Å². The van der Waals surface area contributed by atoms with E-state index in [2.05, 4.69) is 20.5 Å². The van der Waals surface area contributed by atoms with Gasteiger partial charge in [-0.25, -0.2) is 5.43 Å². The largest absolute Gasteiger partial charge is 0.497 e. The van der Waals surface area contributed by atoms with Crippen LogP contribution >= 0.6 is 0 Å². The molecule has 6 heteroatoms. The molecule has 27 heavy (non-hydrogen) atoms. The van der Waals surface area contributed by atoms with E-state index in [1.165, 1.54) is 0 Å². The fourth-order valence-corrected chi connectivity index (χ4v) is 2.53. The first-order valence-corrected chi connectivity index (χ1v) is 8.47. The zero-order valence-corrected chi connectivity index (χ0v) is 15.4. The van der Waals surface area contributed by atoms with Gasteiger partial charge in [-0.2, -0.15) is 5.10 Å². The number of hydrogen-bond acceptors (Lipinski definition) is 5. The Labute approximate surface area is 157 Å². The van der Waals surface area contributed by atoms with Crippen molar-refractivity contribution in [1.29, 1.82) is 0 Å². The standard InChI is InChI=1S/C21H20N4O2/c1-14-7-4-11-18(22-14)20(19-12-5-8-15(2)23-19)24-25-21(26)16-9-6-10-17(13-16)27-3/h4-13H,1-3H3,(H,25,26). The second kappa shape index (κ2) is 8.23. The monoisotopic (exact) mass is 360 g/mol. The van der Waals surface area contributed by atoms with Crippen molar-refractivity contribution in [3.8, 4) is 5.75 Å². The molecule has 0 bridgehead atoms. The first-order valence-electron chi connectivity index (χ1n) is 8.47. The van der Waals surface area contributed by atoms with Crippen molar-refractivity contribution >= 4 is 11.6 Å². The lowest BCUT2D eigenvalue weighted by Gasteiger charge is -2.08. The molecule has 1 amide bonds. The number of rotatable bonds is 5. The first-order chi connectivity index (χ1) is 13.1. The van der Waals surface area contributed by atoms with E-state index in [0.29, 0.717) is 28.4 Å². The van der Waals surface area contributed by atoms with Crippen molar-refractivity contribution in [2.45, 2.75) is 13.8 Å². The SMILES string of the molecule is COc1cccc(C(=O)NN=C(c2cccc(C)n2)c2cccc(C)n2)c1. The lowest BCUT2D eigenvalue weighted by molar-refractivity contribution is 0.0954. The molecule has 0 spiro atoms. The van der Waals surface area contributed by atoms with Crippen molar-refractivity contribution < 1.29 is 9.53 Å². The van der Waals surface area contributed by atoms with Gasteiger partial charge in [0, 0.05) is 17.0 Å². The number of pyridine rings is 2. The molecule has 0 atom stereocenters. The predicted octanol–water partition coefficient (Wildman–Crippen LogP) is 3.28. The van der Waals surface area contributed by atoms with E-state index in [9.17, 15) is 4.79 Å². The van der Waals surface area contributed by atoms with Gasteiger partial charge in [-0.3, -0.25) is 14.8 Å². The molecule has 0 saturated heterocycles. The number of hydrazone groups is 1. The fraction of sp³-hybridized carbons (Fsp3) is 0.143. The zero-order valence-electron chi connectivity index (χ0n) is 15.4. The van der Waals surface area contributed by atoms with Crippen LogP contribution in [0.4, 0.5) is 0 Å². The predicted molar refractivity (Wildman–Crippen MR) is 104 cm³/mol.